The SMILES string of the molecule is CCc1nc(CN2CCNC(=O)C2c2ccccc2Cl)no1. The van der Waals surface area contributed by atoms with Crippen LogP contribution in [0.3, 0.4) is 0 Å². The van der Waals surface area contributed by atoms with E-state index in [0.29, 0.717) is 42.8 Å². The van der Waals surface area contributed by atoms with E-state index in [1.165, 1.54) is 0 Å². The van der Waals surface area contributed by atoms with E-state index in [0.717, 1.165) is 5.56 Å². The number of halogens is 1. The molecule has 1 amide bonds. The van der Waals surface area contributed by atoms with Crippen LogP contribution in [0.25, 0.3) is 0 Å². The van der Waals surface area contributed by atoms with Gasteiger partial charge in [0.25, 0.3) is 0 Å². The van der Waals surface area contributed by atoms with Crippen LogP contribution in [0.15, 0.2) is 28.8 Å². The van der Waals surface area contributed by atoms with E-state index in [1.54, 1.807) is 6.07 Å². The molecule has 7 heteroatoms. The van der Waals surface area contributed by atoms with Gasteiger partial charge in [0.15, 0.2) is 5.82 Å². The lowest BCUT2D eigenvalue weighted by Gasteiger charge is -2.34. The predicted molar refractivity (Wildman–Crippen MR) is 81.3 cm³/mol. The van der Waals surface area contributed by atoms with E-state index in [-0.39, 0.29) is 5.91 Å². The first-order valence-corrected chi connectivity index (χ1v) is 7.64. The lowest BCUT2D eigenvalue weighted by atomic mass is 10.0. The van der Waals surface area contributed by atoms with Crippen LogP contribution in [-0.2, 0) is 17.8 Å². The van der Waals surface area contributed by atoms with Crippen LogP contribution in [0.1, 0.15) is 30.2 Å². The highest BCUT2D eigenvalue weighted by molar-refractivity contribution is 6.31. The second kappa shape index (κ2) is 6.46. The van der Waals surface area contributed by atoms with Gasteiger partial charge in [0.2, 0.25) is 11.8 Å². The van der Waals surface area contributed by atoms with Crippen LogP contribution >= 0.6 is 11.6 Å². The Balaban J connectivity index is 1.87. The second-order valence-corrected chi connectivity index (χ2v) is 5.55. The lowest BCUT2D eigenvalue weighted by molar-refractivity contribution is -0.129. The van der Waals surface area contributed by atoms with Gasteiger partial charge in [0, 0.05) is 24.5 Å². The molecule has 0 bridgehead atoms. The molecule has 2 aromatic rings. The van der Waals surface area contributed by atoms with Gasteiger partial charge in [-0.15, -0.1) is 0 Å². The highest BCUT2D eigenvalue weighted by atomic mass is 35.5. The molecule has 0 saturated carbocycles. The Hall–Kier alpha value is -1.92. The number of aromatic nitrogens is 2. The summed E-state index contributed by atoms with van der Waals surface area (Å²) in [5.74, 6) is 1.13. The number of hydrogen-bond acceptors (Lipinski definition) is 5. The number of aryl methyl sites for hydroxylation is 1. The van der Waals surface area contributed by atoms with Crippen LogP contribution in [0.2, 0.25) is 5.02 Å². The molecule has 0 radical (unpaired) electrons. The zero-order valence-corrected chi connectivity index (χ0v) is 13.0. The Kier molecular flexibility index (Phi) is 4.40. The molecule has 1 atom stereocenters. The number of hydrogen-bond donors (Lipinski definition) is 1. The van der Waals surface area contributed by atoms with Gasteiger partial charge in [-0.05, 0) is 11.6 Å². The third-order valence-electron chi connectivity index (χ3n) is 3.67. The van der Waals surface area contributed by atoms with Crippen molar-refractivity contribution in [3.63, 3.8) is 0 Å². The fourth-order valence-corrected chi connectivity index (χ4v) is 2.84. The van der Waals surface area contributed by atoms with E-state index in [2.05, 4.69) is 15.5 Å². The summed E-state index contributed by atoms with van der Waals surface area (Å²) in [5, 5.41) is 7.43. The lowest BCUT2D eigenvalue weighted by Crippen LogP contribution is -2.49. The molecule has 1 saturated heterocycles. The Bertz CT molecular complexity index is 673. The molecule has 0 aliphatic carbocycles. The first kappa shape index (κ1) is 15.0. The van der Waals surface area contributed by atoms with E-state index in [9.17, 15) is 4.79 Å². The van der Waals surface area contributed by atoms with Crippen molar-refractivity contribution in [1.29, 1.82) is 0 Å². The minimum absolute atomic E-state index is 0.0569. The molecule has 2 heterocycles. The maximum atomic E-state index is 12.3. The van der Waals surface area contributed by atoms with Crippen molar-refractivity contribution in [3.8, 4) is 0 Å². The Labute approximate surface area is 133 Å². The smallest absolute Gasteiger partial charge is 0.242 e. The number of carbonyl (C=O) groups is 1. The summed E-state index contributed by atoms with van der Waals surface area (Å²) in [6.07, 6.45) is 0.696. The summed E-state index contributed by atoms with van der Waals surface area (Å²) in [4.78, 5) is 18.7. The molecule has 1 aromatic heterocycles. The van der Waals surface area contributed by atoms with Crippen molar-refractivity contribution in [2.45, 2.75) is 25.9 Å². The molecule has 3 rings (SSSR count). The van der Waals surface area contributed by atoms with Gasteiger partial charge in [-0.2, -0.15) is 4.98 Å². The Morgan fingerprint density at radius 3 is 3.00 bits per heavy atom. The molecule has 1 unspecified atom stereocenters. The van der Waals surface area contributed by atoms with Crippen LogP contribution in [-0.4, -0.2) is 34.0 Å². The van der Waals surface area contributed by atoms with Gasteiger partial charge >= 0.3 is 0 Å². The second-order valence-electron chi connectivity index (χ2n) is 5.14. The standard InChI is InChI=1S/C15H17ClN4O2/c1-2-13-18-12(19-22-13)9-20-8-7-17-15(21)14(20)10-5-3-4-6-11(10)16/h3-6,14H,2,7-9H2,1H3,(H,17,21). The average Bonchev–Trinajstić information content (AvgIpc) is 2.96. The van der Waals surface area contributed by atoms with E-state index < -0.39 is 6.04 Å². The Morgan fingerprint density at radius 1 is 1.45 bits per heavy atom. The first-order valence-electron chi connectivity index (χ1n) is 7.26. The number of amides is 1. The molecule has 116 valence electrons. The maximum absolute atomic E-state index is 12.3. The monoisotopic (exact) mass is 320 g/mol. The van der Waals surface area contributed by atoms with Gasteiger partial charge in [-0.3, -0.25) is 9.69 Å². The van der Waals surface area contributed by atoms with Crippen molar-refractivity contribution in [2.75, 3.05) is 13.1 Å². The minimum atomic E-state index is -0.439. The van der Waals surface area contributed by atoms with Gasteiger partial charge < -0.3 is 9.84 Å². The zero-order chi connectivity index (χ0) is 15.5. The molecule has 1 fully saturated rings. The van der Waals surface area contributed by atoms with Gasteiger partial charge in [-0.25, -0.2) is 0 Å². The highest BCUT2D eigenvalue weighted by Gasteiger charge is 2.33. The highest BCUT2D eigenvalue weighted by Crippen LogP contribution is 2.30. The topological polar surface area (TPSA) is 71.3 Å². The molecule has 22 heavy (non-hydrogen) atoms. The van der Waals surface area contributed by atoms with E-state index >= 15 is 0 Å². The van der Waals surface area contributed by atoms with Gasteiger partial charge in [0.05, 0.1) is 6.54 Å². The third kappa shape index (κ3) is 2.98. The molecule has 6 nitrogen and oxygen atoms in total. The summed E-state index contributed by atoms with van der Waals surface area (Å²) in [6.45, 7) is 3.71. The van der Waals surface area contributed by atoms with Crippen LogP contribution in [0, 0.1) is 0 Å². The fraction of sp³-hybridized carbons (Fsp3) is 0.400. The molecule has 1 aromatic carbocycles. The number of nitrogens with one attached hydrogen (secondary N) is 1. The summed E-state index contributed by atoms with van der Waals surface area (Å²) >= 11 is 6.26. The van der Waals surface area contributed by atoms with Crippen molar-refractivity contribution in [2.24, 2.45) is 0 Å². The van der Waals surface area contributed by atoms with Crippen molar-refractivity contribution >= 4 is 17.5 Å². The Morgan fingerprint density at radius 2 is 2.27 bits per heavy atom. The summed E-state index contributed by atoms with van der Waals surface area (Å²) in [6, 6.07) is 6.96. The third-order valence-corrected chi connectivity index (χ3v) is 4.01. The van der Waals surface area contributed by atoms with Crippen LogP contribution in [0.5, 0.6) is 0 Å². The number of rotatable bonds is 4. The molecule has 1 N–H and O–H groups in total. The van der Waals surface area contributed by atoms with Crippen molar-refractivity contribution < 1.29 is 9.32 Å². The summed E-state index contributed by atoms with van der Waals surface area (Å²) in [7, 11) is 0. The van der Waals surface area contributed by atoms with Crippen molar-refractivity contribution in [3.05, 3.63) is 46.6 Å². The van der Waals surface area contributed by atoms with E-state index in [1.807, 2.05) is 30.0 Å². The molecule has 1 aliphatic heterocycles. The van der Waals surface area contributed by atoms with Crippen molar-refractivity contribution in [1.82, 2.24) is 20.4 Å². The quantitative estimate of drug-likeness (QED) is 0.932. The number of benzene rings is 1. The largest absolute Gasteiger partial charge is 0.353 e. The predicted octanol–water partition coefficient (Wildman–Crippen LogP) is 1.96. The van der Waals surface area contributed by atoms with Crippen LogP contribution in [0.4, 0.5) is 0 Å². The molecular formula is C15H17ClN4O2. The maximum Gasteiger partial charge on any atom is 0.242 e. The average molecular weight is 321 g/mol. The number of piperazine rings is 1. The molecular weight excluding hydrogens is 304 g/mol. The van der Waals surface area contributed by atoms with Gasteiger partial charge in [-0.1, -0.05) is 41.9 Å². The van der Waals surface area contributed by atoms with Gasteiger partial charge in [0.1, 0.15) is 6.04 Å². The summed E-state index contributed by atoms with van der Waals surface area (Å²) in [5.41, 5.74) is 0.792. The molecule has 0 spiro atoms. The number of carbonyl (C=O) groups excluding carboxylic acids is 1. The fourth-order valence-electron chi connectivity index (χ4n) is 2.60. The molecule has 1 aliphatic rings. The zero-order valence-electron chi connectivity index (χ0n) is 12.3. The summed E-state index contributed by atoms with van der Waals surface area (Å²) < 4.78 is 5.13. The normalized spacial score (nSPS) is 19.2. The van der Waals surface area contributed by atoms with Crippen LogP contribution < -0.4 is 5.32 Å². The number of nitrogens with zero attached hydrogens (tertiary/aromatic N) is 3. The first-order chi connectivity index (χ1) is 10.7. The minimum Gasteiger partial charge on any atom is -0.353 e. The van der Waals surface area contributed by atoms with E-state index in [4.69, 9.17) is 16.1 Å².